The Morgan fingerprint density at radius 3 is 2.48 bits per heavy atom. The van der Waals surface area contributed by atoms with Gasteiger partial charge in [0.05, 0.1) is 26.5 Å². The number of halogens is 1. The molecule has 0 atom stereocenters. The Morgan fingerprint density at radius 2 is 1.84 bits per heavy atom. The summed E-state index contributed by atoms with van der Waals surface area (Å²) in [4.78, 5) is 27.4. The van der Waals surface area contributed by atoms with Crippen LogP contribution in [0.15, 0.2) is 59.4 Å². The molecule has 1 amide bonds. The van der Waals surface area contributed by atoms with Gasteiger partial charge in [0, 0.05) is 17.7 Å². The fourth-order valence-corrected chi connectivity index (χ4v) is 3.38. The molecule has 2 aromatic carbocycles. The standard InChI is InChI=1S/C23H22FN3O4/c1-30-19-9-11-21(31-2)15(13-19)14-26(17-7-8-17)23(29)20-10-12-22(28)27(25-20)18-5-3-16(24)4-6-18/h3-6,9-13,17H,7-8,14H2,1-2H3. The molecule has 1 fully saturated rings. The Kier molecular flexibility index (Phi) is 5.70. The number of carbonyl (C=O) groups excluding carboxylic acids is 1. The molecule has 4 rings (SSSR count). The van der Waals surface area contributed by atoms with Crippen LogP contribution in [0.2, 0.25) is 0 Å². The summed E-state index contributed by atoms with van der Waals surface area (Å²) >= 11 is 0. The molecular weight excluding hydrogens is 401 g/mol. The van der Waals surface area contributed by atoms with Crippen molar-refractivity contribution in [1.82, 2.24) is 14.7 Å². The Bertz CT molecular complexity index is 1160. The van der Waals surface area contributed by atoms with Crippen LogP contribution >= 0.6 is 0 Å². The molecular formula is C23H22FN3O4. The minimum absolute atomic E-state index is 0.0939. The summed E-state index contributed by atoms with van der Waals surface area (Å²) < 4.78 is 25.1. The lowest BCUT2D eigenvalue weighted by molar-refractivity contribution is 0.0720. The van der Waals surface area contributed by atoms with Crippen molar-refractivity contribution in [3.63, 3.8) is 0 Å². The zero-order chi connectivity index (χ0) is 22.0. The number of aromatic nitrogens is 2. The lowest BCUT2D eigenvalue weighted by Crippen LogP contribution is -2.35. The second-order valence-electron chi connectivity index (χ2n) is 7.29. The molecule has 0 unspecified atom stereocenters. The van der Waals surface area contributed by atoms with Crippen molar-refractivity contribution in [2.24, 2.45) is 0 Å². The van der Waals surface area contributed by atoms with Crippen LogP contribution in [0, 0.1) is 5.82 Å². The highest BCUT2D eigenvalue weighted by molar-refractivity contribution is 5.92. The number of amides is 1. The molecule has 160 valence electrons. The van der Waals surface area contributed by atoms with E-state index >= 15 is 0 Å². The smallest absolute Gasteiger partial charge is 0.274 e. The van der Waals surface area contributed by atoms with Gasteiger partial charge in [-0.15, -0.1) is 0 Å². The van der Waals surface area contributed by atoms with Gasteiger partial charge in [0.15, 0.2) is 0 Å². The molecule has 8 heteroatoms. The predicted molar refractivity (Wildman–Crippen MR) is 112 cm³/mol. The summed E-state index contributed by atoms with van der Waals surface area (Å²) in [5.74, 6) is 0.616. The van der Waals surface area contributed by atoms with Crippen LogP contribution in [-0.2, 0) is 6.54 Å². The molecule has 0 N–H and O–H groups in total. The number of nitrogens with zero attached hydrogens (tertiary/aromatic N) is 3. The van der Waals surface area contributed by atoms with E-state index in [9.17, 15) is 14.0 Å². The second kappa shape index (κ2) is 8.59. The van der Waals surface area contributed by atoms with Gasteiger partial charge < -0.3 is 14.4 Å². The Balaban J connectivity index is 1.66. The van der Waals surface area contributed by atoms with E-state index in [0.29, 0.717) is 23.7 Å². The zero-order valence-electron chi connectivity index (χ0n) is 17.2. The molecule has 0 aliphatic heterocycles. The molecule has 3 aromatic rings. The minimum atomic E-state index is -0.420. The van der Waals surface area contributed by atoms with E-state index < -0.39 is 11.4 Å². The second-order valence-corrected chi connectivity index (χ2v) is 7.29. The van der Waals surface area contributed by atoms with Gasteiger partial charge in [0.1, 0.15) is 23.0 Å². The van der Waals surface area contributed by atoms with Crippen LogP contribution in [-0.4, -0.2) is 40.8 Å². The summed E-state index contributed by atoms with van der Waals surface area (Å²) in [5, 5.41) is 4.26. The highest BCUT2D eigenvalue weighted by Gasteiger charge is 2.34. The van der Waals surface area contributed by atoms with Crippen LogP contribution in [0.4, 0.5) is 4.39 Å². The predicted octanol–water partition coefficient (Wildman–Crippen LogP) is 3.19. The topological polar surface area (TPSA) is 73.7 Å². The molecule has 31 heavy (non-hydrogen) atoms. The van der Waals surface area contributed by atoms with Crippen molar-refractivity contribution < 1.29 is 18.7 Å². The summed E-state index contributed by atoms with van der Waals surface area (Å²) in [7, 11) is 3.16. The Hall–Kier alpha value is -3.68. The van der Waals surface area contributed by atoms with Gasteiger partial charge in [-0.2, -0.15) is 9.78 Å². The van der Waals surface area contributed by atoms with Crippen molar-refractivity contribution in [2.45, 2.75) is 25.4 Å². The first-order valence-corrected chi connectivity index (χ1v) is 9.88. The number of benzene rings is 2. The molecule has 1 aliphatic carbocycles. The maximum Gasteiger partial charge on any atom is 0.274 e. The SMILES string of the molecule is COc1ccc(OC)c(CN(C(=O)c2ccc(=O)n(-c3ccc(F)cc3)n2)C2CC2)c1. The molecule has 7 nitrogen and oxygen atoms in total. The lowest BCUT2D eigenvalue weighted by Gasteiger charge is -2.23. The van der Waals surface area contributed by atoms with Crippen LogP contribution in [0.1, 0.15) is 28.9 Å². The van der Waals surface area contributed by atoms with Crippen LogP contribution in [0.5, 0.6) is 11.5 Å². The maximum atomic E-state index is 13.3. The fraction of sp³-hybridized carbons (Fsp3) is 0.261. The van der Waals surface area contributed by atoms with Crippen molar-refractivity contribution >= 4 is 5.91 Å². The summed E-state index contributed by atoms with van der Waals surface area (Å²) in [6.45, 7) is 0.321. The number of ether oxygens (including phenoxy) is 2. The number of hydrogen-bond acceptors (Lipinski definition) is 5. The number of methoxy groups -OCH3 is 2. The number of hydrogen-bond donors (Lipinski definition) is 0. The van der Waals surface area contributed by atoms with E-state index in [0.717, 1.165) is 23.1 Å². The van der Waals surface area contributed by atoms with Gasteiger partial charge >= 0.3 is 0 Å². The van der Waals surface area contributed by atoms with Crippen molar-refractivity contribution in [3.05, 3.63) is 82.0 Å². The Labute approximate surface area is 178 Å². The molecule has 1 saturated carbocycles. The average Bonchev–Trinajstić information content (AvgIpc) is 3.63. The zero-order valence-corrected chi connectivity index (χ0v) is 17.2. The van der Waals surface area contributed by atoms with Gasteiger partial charge in [0.25, 0.3) is 11.5 Å². The summed E-state index contributed by atoms with van der Waals surface area (Å²) in [6.07, 6.45) is 1.80. The normalized spacial score (nSPS) is 13.0. The highest BCUT2D eigenvalue weighted by Crippen LogP contribution is 2.32. The molecule has 1 heterocycles. The average molecular weight is 423 g/mol. The van der Waals surface area contributed by atoms with Gasteiger partial charge in [0.2, 0.25) is 0 Å². The van der Waals surface area contributed by atoms with Gasteiger partial charge in [-0.25, -0.2) is 4.39 Å². The van der Waals surface area contributed by atoms with E-state index in [1.54, 1.807) is 31.3 Å². The third kappa shape index (κ3) is 4.42. The van der Waals surface area contributed by atoms with Crippen molar-refractivity contribution in [3.8, 4) is 17.2 Å². The quantitative estimate of drug-likeness (QED) is 0.584. The van der Waals surface area contributed by atoms with E-state index in [4.69, 9.17) is 9.47 Å². The van der Waals surface area contributed by atoms with E-state index in [-0.39, 0.29) is 17.6 Å². The van der Waals surface area contributed by atoms with Gasteiger partial charge in [-0.1, -0.05) is 0 Å². The molecule has 1 aliphatic rings. The highest BCUT2D eigenvalue weighted by atomic mass is 19.1. The molecule has 1 aromatic heterocycles. The Morgan fingerprint density at radius 1 is 1.10 bits per heavy atom. The third-order valence-corrected chi connectivity index (χ3v) is 5.17. The monoisotopic (exact) mass is 423 g/mol. The van der Waals surface area contributed by atoms with E-state index in [2.05, 4.69) is 5.10 Å². The fourth-order valence-electron chi connectivity index (χ4n) is 3.38. The van der Waals surface area contributed by atoms with Gasteiger partial charge in [-0.05, 0) is 61.4 Å². The third-order valence-electron chi connectivity index (χ3n) is 5.17. The van der Waals surface area contributed by atoms with Crippen LogP contribution in [0.3, 0.4) is 0 Å². The number of carbonyl (C=O) groups is 1. The number of rotatable bonds is 7. The largest absolute Gasteiger partial charge is 0.497 e. The summed E-state index contributed by atoms with van der Waals surface area (Å²) in [5.41, 5.74) is 0.927. The molecule has 0 saturated heterocycles. The first-order valence-electron chi connectivity index (χ1n) is 9.88. The van der Waals surface area contributed by atoms with Gasteiger partial charge in [-0.3, -0.25) is 9.59 Å². The first kappa shape index (κ1) is 20.6. The minimum Gasteiger partial charge on any atom is -0.497 e. The first-order chi connectivity index (χ1) is 15.0. The molecule has 0 bridgehead atoms. The van der Waals surface area contributed by atoms with Crippen LogP contribution < -0.4 is 15.0 Å². The lowest BCUT2D eigenvalue weighted by atomic mass is 10.1. The summed E-state index contributed by atoms with van der Waals surface area (Å²) in [6, 6.07) is 13.6. The van der Waals surface area contributed by atoms with Crippen molar-refractivity contribution in [2.75, 3.05) is 14.2 Å². The maximum absolute atomic E-state index is 13.3. The van der Waals surface area contributed by atoms with E-state index in [1.165, 1.54) is 36.4 Å². The van der Waals surface area contributed by atoms with E-state index in [1.807, 2.05) is 6.07 Å². The van der Waals surface area contributed by atoms with Crippen molar-refractivity contribution in [1.29, 1.82) is 0 Å². The van der Waals surface area contributed by atoms with Crippen LogP contribution in [0.25, 0.3) is 5.69 Å². The molecule has 0 spiro atoms. The molecule has 0 radical (unpaired) electrons.